The lowest BCUT2D eigenvalue weighted by Gasteiger charge is -2.37. The topological polar surface area (TPSA) is 158 Å². The van der Waals surface area contributed by atoms with Gasteiger partial charge in [-0.25, -0.2) is 23.1 Å². The third-order valence-electron chi connectivity index (χ3n) is 14.1. The number of alkyl halides is 2. The number of hydrogen-bond acceptors (Lipinski definition) is 12. The van der Waals surface area contributed by atoms with Gasteiger partial charge in [-0.2, -0.15) is 0 Å². The van der Waals surface area contributed by atoms with E-state index in [1.54, 1.807) is 37.4 Å². The molecule has 404 valence electrons. The number of anilines is 7. The van der Waals surface area contributed by atoms with Gasteiger partial charge < -0.3 is 46.4 Å². The van der Waals surface area contributed by atoms with E-state index < -0.39 is 0 Å². The maximum absolute atomic E-state index is 13.4. The number of rotatable bonds is 9. The summed E-state index contributed by atoms with van der Waals surface area (Å²) in [5, 5.41) is 18.2. The fourth-order valence-corrected chi connectivity index (χ4v) is 10.5. The molecule has 2 aromatic heterocycles. The van der Waals surface area contributed by atoms with Crippen LogP contribution in [0.1, 0.15) is 72.8 Å². The first kappa shape index (κ1) is 56.9. The summed E-state index contributed by atoms with van der Waals surface area (Å²) >= 11 is 10.8. The second-order valence-corrected chi connectivity index (χ2v) is 20.3. The summed E-state index contributed by atoms with van der Waals surface area (Å²) in [5.41, 5.74) is 14.5. The van der Waals surface area contributed by atoms with Crippen molar-refractivity contribution >= 4 is 75.1 Å². The molecule has 2 atom stereocenters. The number of nitrogens with two attached hydrogens (primary N) is 1. The number of benzene rings is 3. The zero-order chi connectivity index (χ0) is 53.4. The van der Waals surface area contributed by atoms with Crippen LogP contribution in [0.4, 0.5) is 53.2 Å². The molecule has 2 amide bonds. The van der Waals surface area contributed by atoms with Crippen molar-refractivity contribution in [1.29, 1.82) is 0 Å². The van der Waals surface area contributed by atoms with Gasteiger partial charge >= 0.3 is 0 Å². The van der Waals surface area contributed by atoms with Gasteiger partial charge in [0.1, 0.15) is 29.5 Å². The Hall–Kier alpha value is -5.85. The van der Waals surface area contributed by atoms with Gasteiger partial charge in [0.05, 0.1) is 18.0 Å². The molecule has 4 saturated heterocycles. The molecule has 6 aliphatic heterocycles. The fraction of sp³-hybridized carbons (Fsp3) is 0.464. The Morgan fingerprint density at radius 3 is 1.55 bits per heavy atom. The van der Waals surface area contributed by atoms with E-state index in [0.717, 1.165) is 184 Å². The molecular weight excluding hydrogens is 1000 g/mol. The van der Waals surface area contributed by atoms with Gasteiger partial charge in [-0.05, 0) is 154 Å². The van der Waals surface area contributed by atoms with Crippen LogP contribution in [-0.4, -0.2) is 121 Å². The van der Waals surface area contributed by atoms with Gasteiger partial charge in [0.25, 0.3) is 0 Å². The van der Waals surface area contributed by atoms with Crippen LogP contribution in [0.15, 0.2) is 79.1 Å². The quantitative estimate of drug-likeness (QED) is 0.0543. The minimum Gasteiger partial charge on any atom is -0.399 e. The molecule has 19 heteroatoms. The smallest absolute Gasteiger partial charge is 0.247 e. The summed E-state index contributed by atoms with van der Waals surface area (Å²) in [6.07, 6.45) is 10.9. The average Bonchev–Trinajstić information content (AvgIpc) is 4.12. The Balaban J connectivity index is 0.000000151. The number of pyridine rings is 2. The maximum atomic E-state index is 13.4. The number of aromatic nitrogens is 2. The number of unbranched alkanes of at least 4 members (excludes halogenated alkanes) is 2. The van der Waals surface area contributed by atoms with E-state index in [9.17, 15) is 22.8 Å². The third kappa shape index (κ3) is 15.4. The lowest BCUT2D eigenvalue weighted by molar-refractivity contribution is -0.118. The number of carbonyl (C=O) groups is 2. The minimum absolute atomic E-state index is 0.0434. The number of nitrogens with one attached hydrogen (secondary N) is 3. The summed E-state index contributed by atoms with van der Waals surface area (Å²) in [7, 11) is 0. The first-order valence-electron chi connectivity index (χ1n) is 26.1. The van der Waals surface area contributed by atoms with E-state index in [1.807, 2.05) is 32.2 Å². The predicted molar refractivity (Wildman–Crippen MR) is 298 cm³/mol. The number of aryl methyl sites for hydroxylation is 3. The Labute approximate surface area is 449 Å². The van der Waals surface area contributed by atoms with Crippen molar-refractivity contribution in [2.24, 2.45) is 0 Å². The maximum Gasteiger partial charge on any atom is 0.247 e. The average molecular weight is 1080 g/mol. The number of piperazine rings is 2. The third-order valence-corrected chi connectivity index (χ3v) is 14.6. The standard InChI is InChI=1S/C22H26FN5O.C11H15FN2.C11H13N3O2.C7H8FN.C5H10Cl2/c1-15-11-17(23)4-5-19(15)27-9-7-26(8-10-27)14-16-12-18-21(24-13-16)28-6-2-3-20(28)22(29)25-18;1-9-8-10(12)2-3-11(9)14-6-4-13-5-7-14;15-6-7-4-8-10(12-5-7)14-3-1-2-9(14)11(16)13-8;1-5-4-6(8)2-3-7(5)9;6-4-2-1-3-5-7/h4-5,11-13,20H,2-3,6-10,14H2,1H3,(H,25,29);2-3,8,13H,4-7H2,1H3;4-5,9,15H,1-3,6H2,(H,13,16);2-4H,9H2,1H3;1-5H2/t20-;;9-;;/m0.0../s1. The SMILES string of the molecule is Cc1cc(F)ccc1N.Cc1cc(F)ccc1N1CCN(Cc2cnc3c(c2)NC(=O)[C@@H]2CCCN32)CC1.Cc1cc(F)ccc1N1CCNCC1.ClCCCCCCl.O=C1Nc2cc(CO)cnc2N2CCC[C@@H]12. The van der Waals surface area contributed by atoms with Crippen LogP contribution in [0.2, 0.25) is 0 Å². The number of amides is 2. The Bertz CT molecular complexity index is 2690. The molecule has 0 saturated carbocycles. The lowest BCUT2D eigenvalue weighted by Crippen LogP contribution is -2.46. The Kier molecular flexibility index (Phi) is 21.1. The van der Waals surface area contributed by atoms with E-state index in [0.29, 0.717) is 5.69 Å². The van der Waals surface area contributed by atoms with Crippen molar-refractivity contribution in [3.8, 4) is 0 Å². The van der Waals surface area contributed by atoms with Gasteiger partial charge in [-0.15, -0.1) is 23.2 Å². The lowest BCUT2D eigenvalue weighted by atomic mass is 10.1. The number of carbonyl (C=O) groups excluding carboxylic acids is 2. The van der Waals surface area contributed by atoms with Crippen LogP contribution in [0, 0.1) is 38.2 Å². The highest BCUT2D eigenvalue weighted by molar-refractivity contribution is 6.18. The van der Waals surface area contributed by atoms with E-state index in [2.05, 4.69) is 56.5 Å². The van der Waals surface area contributed by atoms with Crippen LogP contribution >= 0.6 is 23.2 Å². The molecule has 6 aliphatic rings. The first-order chi connectivity index (χ1) is 36.3. The van der Waals surface area contributed by atoms with Crippen molar-refractivity contribution in [3.05, 3.63) is 124 Å². The summed E-state index contributed by atoms with van der Waals surface area (Å²) in [4.78, 5) is 44.4. The summed E-state index contributed by atoms with van der Waals surface area (Å²) in [6.45, 7) is 16.0. The van der Waals surface area contributed by atoms with Crippen LogP contribution in [0.25, 0.3) is 0 Å². The number of nitrogens with zero attached hydrogens (tertiary/aromatic N) is 7. The molecule has 6 N–H and O–H groups in total. The number of aliphatic hydroxyl groups is 1. The van der Waals surface area contributed by atoms with Gasteiger partial charge in [0.15, 0.2) is 11.6 Å². The van der Waals surface area contributed by atoms with Gasteiger partial charge in [0.2, 0.25) is 11.8 Å². The van der Waals surface area contributed by atoms with Crippen LogP contribution in [-0.2, 0) is 22.7 Å². The first-order valence-corrected chi connectivity index (χ1v) is 27.2. The largest absolute Gasteiger partial charge is 0.399 e. The van der Waals surface area contributed by atoms with Crippen LogP contribution in [0.3, 0.4) is 0 Å². The van der Waals surface area contributed by atoms with E-state index in [-0.39, 0.29) is 48.0 Å². The molecule has 0 bridgehead atoms. The van der Waals surface area contributed by atoms with E-state index in [4.69, 9.17) is 34.0 Å². The van der Waals surface area contributed by atoms with Gasteiger partial charge in [-0.1, -0.05) is 6.42 Å². The predicted octanol–water partition coefficient (Wildman–Crippen LogP) is 9.16. The molecule has 75 heavy (non-hydrogen) atoms. The van der Waals surface area contributed by atoms with Crippen molar-refractivity contribution in [2.45, 2.75) is 91.0 Å². The van der Waals surface area contributed by atoms with Gasteiger partial charge in [-0.3, -0.25) is 14.5 Å². The van der Waals surface area contributed by atoms with Crippen molar-refractivity contribution in [1.82, 2.24) is 20.2 Å². The van der Waals surface area contributed by atoms with Crippen molar-refractivity contribution < 1.29 is 27.9 Å². The second-order valence-electron chi connectivity index (χ2n) is 19.6. The highest BCUT2D eigenvalue weighted by Gasteiger charge is 2.38. The minimum atomic E-state index is -0.235. The summed E-state index contributed by atoms with van der Waals surface area (Å²) in [5.74, 6) is 2.86. The highest BCUT2D eigenvalue weighted by atomic mass is 35.5. The van der Waals surface area contributed by atoms with Gasteiger partial charge in [0, 0.05) is 113 Å². The highest BCUT2D eigenvalue weighted by Crippen LogP contribution is 2.37. The number of fused-ring (bicyclic) bond motifs is 6. The molecule has 0 spiro atoms. The number of nitrogen functional groups attached to an aromatic ring is 1. The molecule has 0 aliphatic carbocycles. The monoisotopic (exact) mass is 1070 g/mol. The van der Waals surface area contributed by atoms with Crippen molar-refractivity contribution in [2.75, 3.05) is 113 Å². The normalized spacial score (nSPS) is 18.5. The number of hydrogen-bond donors (Lipinski definition) is 5. The molecule has 14 nitrogen and oxygen atoms in total. The molecule has 4 fully saturated rings. The number of aliphatic hydroxyl groups excluding tert-OH is 1. The molecule has 8 heterocycles. The second kappa shape index (κ2) is 27.8. The number of halogens is 5. The summed E-state index contributed by atoms with van der Waals surface area (Å²) in [6, 6.07) is 18.1. The molecular formula is C56H72Cl2F3N11O3. The zero-order valence-corrected chi connectivity index (χ0v) is 44.9. The Morgan fingerprint density at radius 1 is 0.613 bits per heavy atom. The molecule has 0 unspecified atom stereocenters. The van der Waals surface area contributed by atoms with E-state index in [1.165, 1.54) is 30.7 Å². The molecule has 0 radical (unpaired) electrons. The molecule has 3 aromatic carbocycles. The summed E-state index contributed by atoms with van der Waals surface area (Å²) < 4.78 is 38.5. The van der Waals surface area contributed by atoms with E-state index >= 15 is 0 Å². The molecule has 11 rings (SSSR count). The Morgan fingerprint density at radius 2 is 1.08 bits per heavy atom. The van der Waals surface area contributed by atoms with Crippen molar-refractivity contribution in [3.63, 3.8) is 0 Å². The van der Waals surface area contributed by atoms with Crippen LogP contribution < -0.4 is 41.3 Å². The zero-order valence-electron chi connectivity index (χ0n) is 43.4. The fourth-order valence-electron chi connectivity index (χ4n) is 10.1. The molecule has 5 aromatic rings. The van der Waals surface area contributed by atoms with Crippen LogP contribution in [0.5, 0.6) is 0 Å².